The minimum Gasteiger partial charge on any atom is -0.544 e. The zero-order chi connectivity index (χ0) is 49.2. The first-order valence-corrected chi connectivity index (χ1v) is 28.5. The van der Waals surface area contributed by atoms with Crippen LogP contribution >= 0.6 is 0 Å². The Balaban J connectivity index is 4.15. The van der Waals surface area contributed by atoms with Crippen LogP contribution in [-0.2, 0) is 28.6 Å². The van der Waals surface area contributed by atoms with Gasteiger partial charge in [-0.05, 0) is 64.2 Å². The number of carbonyl (C=O) groups is 3. The lowest BCUT2D eigenvalue weighted by atomic mass is 10.0. The number of nitrogens with zero attached hydrogens (tertiary/aromatic N) is 1. The molecule has 0 spiro atoms. The van der Waals surface area contributed by atoms with E-state index in [0.717, 1.165) is 51.4 Å². The number of carbonyl (C=O) groups excluding carboxylic acids is 3. The van der Waals surface area contributed by atoms with Gasteiger partial charge in [0.25, 0.3) is 0 Å². The number of hydrogen-bond acceptors (Lipinski definition) is 7. The molecule has 0 saturated carbocycles. The van der Waals surface area contributed by atoms with Gasteiger partial charge in [-0.2, -0.15) is 0 Å². The van der Waals surface area contributed by atoms with Crippen molar-refractivity contribution in [1.82, 2.24) is 0 Å². The van der Waals surface area contributed by atoms with Crippen molar-refractivity contribution in [2.24, 2.45) is 0 Å². The molecule has 0 rings (SSSR count). The normalized spacial score (nSPS) is 13.0. The highest BCUT2D eigenvalue weighted by Gasteiger charge is 2.25. The average molecular weight is 945 g/mol. The molecule has 2 atom stereocenters. The second-order valence-electron chi connectivity index (χ2n) is 20.5. The van der Waals surface area contributed by atoms with Gasteiger partial charge in [-0.1, -0.05) is 224 Å². The molecule has 0 saturated heterocycles. The molecule has 0 aromatic heterocycles. The quantitative estimate of drug-likeness (QED) is 0.0259. The largest absolute Gasteiger partial charge is 0.544 e. The molecule has 67 heavy (non-hydrogen) atoms. The Morgan fingerprint density at radius 2 is 0.836 bits per heavy atom. The Labute approximate surface area is 414 Å². The number of hydrogen-bond donors (Lipinski definition) is 0. The Kier molecular flexibility index (Phi) is 48.1. The van der Waals surface area contributed by atoms with Crippen molar-refractivity contribution < 1.29 is 38.2 Å². The first-order valence-electron chi connectivity index (χ1n) is 28.5. The minimum absolute atomic E-state index is 0.0422. The molecule has 0 bridgehead atoms. The van der Waals surface area contributed by atoms with Gasteiger partial charge >= 0.3 is 11.9 Å². The van der Waals surface area contributed by atoms with Crippen LogP contribution in [0.5, 0.6) is 0 Å². The maximum absolute atomic E-state index is 12.8. The number of rotatable bonds is 52. The zero-order valence-corrected chi connectivity index (χ0v) is 44.8. The standard InChI is InChI=1S/C59H109NO7/c1-6-8-10-12-14-16-18-20-22-24-26-28-30-31-33-35-37-39-41-43-45-47-49-57(61)66-54-55(53-65-52-51-56(59(63)64)60(3,4)5)67-58(62)50-48-46-44-42-40-38-36-34-32-29-27-25-23-21-19-17-15-13-11-9-7-2/h9,11,15,17,30-31,55-56H,6-8,10,12-14,16,18-29,32-54H2,1-5H3/b11-9+,17-15+,31-30+. The zero-order valence-electron chi connectivity index (χ0n) is 44.8. The number of aliphatic carboxylic acids is 1. The number of allylic oxidation sites excluding steroid dienone is 6. The van der Waals surface area contributed by atoms with Crippen molar-refractivity contribution in [1.29, 1.82) is 0 Å². The number of carboxylic acids is 1. The van der Waals surface area contributed by atoms with E-state index in [2.05, 4.69) is 50.3 Å². The summed E-state index contributed by atoms with van der Waals surface area (Å²) in [6.45, 7) is 4.61. The van der Waals surface area contributed by atoms with Crippen LogP contribution in [0.2, 0.25) is 0 Å². The molecule has 392 valence electrons. The maximum atomic E-state index is 12.8. The molecule has 0 heterocycles. The Morgan fingerprint density at radius 1 is 0.463 bits per heavy atom. The molecule has 8 heteroatoms. The van der Waals surface area contributed by atoms with Crippen LogP contribution < -0.4 is 5.11 Å². The summed E-state index contributed by atoms with van der Waals surface area (Å²) in [5.41, 5.74) is 0. The van der Waals surface area contributed by atoms with E-state index in [9.17, 15) is 19.5 Å². The van der Waals surface area contributed by atoms with Gasteiger partial charge in [0, 0.05) is 19.3 Å². The predicted molar refractivity (Wildman–Crippen MR) is 282 cm³/mol. The van der Waals surface area contributed by atoms with E-state index in [1.165, 1.54) is 186 Å². The lowest BCUT2D eigenvalue weighted by molar-refractivity contribution is -0.889. The molecular formula is C59H109NO7. The molecule has 0 aliphatic heterocycles. The van der Waals surface area contributed by atoms with Crippen molar-refractivity contribution in [2.45, 2.75) is 283 Å². The van der Waals surface area contributed by atoms with Gasteiger partial charge in [0.05, 0.1) is 40.3 Å². The number of esters is 2. The summed E-state index contributed by atoms with van der Waals surface area (Å²) < 4.78 is 17.3. The molecule has 0 aromatic carbocycles. The molecule has 8 nitrogen and oxygen atoms in total. The highest BCUT2D eigenvalue weighted by Crippen LogP contribution is 2.17. The van der Waals surface area contributed by atoms with Crippen LogP contribution in [-0.4, -0.2) is 75.5 Å². The number of carboxylic acid groups (broad SMARTS) is 1. The van der Waals surface area contributed by atoms with Gasteiger partial charge in [-0.3, -0.25) is 9.59 Å². The fourth-order valence-corrected chi connectivity index (χ4v) is 8.64. The van der Waals surface area contributed by atoms with Crippen LogP contribution in [0, 0.1) is 0 Å². The van der Waals surface area contributed by atoms with E-state index in [1.54, 1.807) is 0 Å². The van der Waals surface area contributed by atoms with Crippen LogP contribution in [0.1, 0.15) is 271 Å². The van der Waals surface area contributed by atoms with Gasteiger partial charge in [-0.15, -0.1) is 0 Å². The van der Waals surface area contributed by atoms with E-state index < -0.39 is 18.1 Å². The highest BCUT2D eigenvalue weighted by molar-refractivity contribution is 5.70. The average Bonchev–Trinajstić information content (AvgIpc) is 3.29. The fraction of sp³-hybridized carbons (Fsp3) is 0.847. The molecular weight excluding hydrogens is 835 g/mol. The summed E-state index contributed by atoms with van der Waals surface area (Å²) >= 11 is 0. The van der Waals surface area contributed by atoms with Crippen LogP contribution in [0.4, 0.5) is 0 Å². The molecule has 0 radical (unpaired) electrons. The first kappa shape index (κ1) is 64.5. The van der Waals surface area contributed by atoms with Crippen molar-refractivity contribution in [2.75, 3.05) is 41.0 Å². The molecule has 0 N–H and O–H groups in total. The Morgan fingerprint density at radius 3 is 1.24 bits per heavy atom. The molecule has 0 fully saturated rings. The summed E-state index contributed by atoms with van der Waals surface area (Å²) in [7, 11) is 5.43. The number of quaternary nitrogens is 1. The van der Waals surface area contributed by atoms with Crippen molar-refractivity contribution in [3.05, 3.63) is 36.5 Å². The van der Waals surface area contributed by atoms with Crippen molar-refractivity contribution in [3.63, 3.8) is 0 Å². The Bertz CT molecular complexity index is 1190. The lowest BCUT2D eigenvalue weighted by Gasteiger charge is -2.34. The minimum atomic E-state index is -1.12. The summed E-state index contributed by atoms with van der Waals surface area (Å²) in [6.07, 6.45) is 60.4. The predicted octanol–water partition coefficient (Wildman–Crippen LogP) is 15.6. The fourth-order valence-electron chi connectivity index (χ4n) is 8.64. The summed E-state index contributed by atoms with van der Waals surface area (Å²) in [5.74, 6) is -1.72. The molecule has 0 aliphatic rings. The third-order valence-corrected chi connectivity index (χ3v) is 13.0. The monoisotopic (exact) mass is 944 g/mol. The molecule has 0 aromatic rings. The summed E-state index contributed by atoms with van der Waals surface area (Å²) in [5, 5.41) is 11.7. The highest BCUT2D eigenvalue weighted by atomic mass is 16.6. The number of likely N-dealkylation sites (N-methyl/N-ethyl adjacent to an activating group) is 1. The number of ether oxygens (including phenoxy) is 3. The maximum Gasteiger partial charge on any atom is 0.306 e. The molecule has 0 aliphatic carbocycles. The molecule has 2 unspecified atom stereocenters. The number of unbranched alkanes of at least 4 members (excludes halogenated alkanes) is 32. The second-order valence-corrected chi connectivity index (χ2v) is 20.5. The smallest absolute Gasteiger partial charge is 0.306 e. The summed E-state index contributed by atoms with van der Waals surface area (Å²) in [4.78, 5) is 37.1. The van der Waals surface area contributed by atoms with Gasteiger partial charge in [0.1, 0.15) is 12.6 Å². The van der Waals surface area contributed by atoms with Crippen molar-refractivity contribution >= 4 is 17.9 Å². The van der Waals surface area contributed by atoms with E-state index in [4.69, 9.17) is 14.2 Å². The first-order chi connectivity index (χ1) is 32.6. The van der Waals surface area contributed by atoms with Gasteiger partial charge in [0.2, 0.25) is 0 Å². The summed E-state index contributed by atoms with van der Waals surface area (Å²) in [6, 6.07) is -0.726. The topological polar surface area (TPSA) is 102 Å². The second kappa shape index (κ2) is 50.0. The molecule has 0 amide bonds. The van der Waals surface area contributed by atoms with Crippen LogP contribution in [0.15, 0.2) is 36.5 Å². The van der Waals surface area contributed by atoms with E-state index >= 15 is 0 Å². The third kappa shape index (κ3) is 48.4. The van der Waals surface area contributed by atoms with E-state index in [1.807, 2.05) is 21.1 Å². The van der Waals surface area contributed by atoms with Gasteiger partial charge in [-0.25, -0.2) is 0 Å². The van der Waals surface area contributed by atoms with Crippen LogP contribution in [0.25, 0.3) is 0 Å². The third-order valence-electron chi connectivity index (χ3n) is 13.0. The van der Waals surface area contributed by atoms with E-state index in [-0.39, 0.29) is 42.7 Å². The SMILES string of the molecule is CC/C=C/C/C=C/CCCCCCCCCCCCCCCCC(=O)OC(COCCC(C(=O)[O-])[N+](C)(C)C)COC(=O)CCCCCCCCC/C=C/CCCCCCCCCCCCC. The Hall–Kier alpha value is -2.45. The lowest BCUT2D eigenvalue weighted by Crippen LogP contribution is -2.55. The van der Waals surface area contributed by atoms with Crippen LogP contribution in [0.3, 0.4) is 0 Å². The van der Waals surface area contributed by atoms with Gasteiger partial charge < -0.3 is 28.6 Å². The van der Waals surface area contributed by atoms with E-state index in [0.29, 0.717) is 12.8 Å². The van der Waals surface area contributed by atoms with Crippen molar-refractivity contribution in [3.8, 4) is 0 Å². The van der Waals surface area contributed by atoms with Gasteiger partial charge in [0.15, 0.2) is 6.10 Å².